The zero-order chi connectivity index (χ0) is 31.0. The summed E-state index contributed by atoms with van der Waals surface area (Å²) >= 11 is 9.14. The van der Waals surface area contributed by atoms with E-state index in [2.05, 4.69) is 42.2 Å². The zero-order valence-electron chi connectivity index (χ0n) is 21.9. The van der Waals surface area contributed by atoms with Crippen molar-refractivity contribution < 1.29 is 46.5 Å². The van der Waals surface area contributed by atoms with Gasteiger partial charge in [-0.05, 0) is 0 Å². The minimum atomic E-state index is -4.46. The number of imidazole rings is 2. The Labute approximate surface area is 256 Å². The van der Waals surface area contributed by atoms with Crippen LogP contribution in [0.25, 0.3) is 22.3 Å². The number of hydrogen-bond donors (Lipinski definition) is 4. The second-order valence-corrected chi connectivity index (χ2v) is 15.5. The summed E-state index contributed by atoms with van der Waals surface area (Å²) < 4.78 is 65.7. The molecule has 3 saturated heterocycles. The van der Waals surface area contributed by atoms with Crippen LogP contribution in [0.3, 0.4) is 0 Å². The Bertz CT molecular complexity index is 1840. The third kappa shape index (κ3) is 5.27. The number of aliphatic hydroxyl groups excluding tert-OH is 1. The SMILES string of the molecule is Nc1ncnc2c1ncn2[C@@H]1O[C@@H]2COP([O-])(=S)O[C@@H]3[C@H](O)[C@@H](COP(=O)(S)O[C@H]2[C@H]1F)O[C@H]3n1cnc2c(N)ncnc21. The second-order valence-electron chi connectivity index (χ2n) is 9.88. The van der Waals surface area contributed by atoms with Gasteiger partial charge >= 0.3 is 6.80 Å². The maximum absolute atomic E-state index is 16.0. The van der Waals surface area contributed by atoms with Gasteiger partial charge in [0.15, 0.2) is 41.6 Å². The van der Waals surface area contributed by atoms with Crippen molar-refractivity contribution in [3.8, 4) is 0 Å². The van der Waals surface area contributed by atoms with Crippen molar-refractivity contribution in [3.05, 3.63) is 25.3 Å². The summed E-state index contributed by atoms with van der Waals surface area (Å²) in [6.45, 7) is -10.1. The Morgan fingerprint density at radius 2 is 1.48 bits per heavy atom. The van der Waals surface area contributed by atoms with E-state index < -0.39 is 75.9 Å². The molecule has 19 nitrogen and oxygen atoms in total. The summed E-state index contributed by atoms with van der Waals surface area (Å²) in [4.78, 5) is 37.7. The number of rotatable bonds is 2. The van der Waals surface area contributed by atoms with Gasteiger partial charge < -0.3 is 40.0 Å². The number of nitrogen functional groups attached to an aromatic ring is 2. The fraction of sp³-hybridized carbons (Fsp3) is 0.500. The Morgan fingerprint density at radius 3 is 2.11 bits per heavy atom. The van der Waals surface area contributed by atoms with Gasteiger partial charge in [0.2, 0.25) is 0 Å². The molecule has 7 heterocycles. The van der Waals surface area contributed by atoms with E-state index in [1.165, 1.54) is 28.1 Å². The first-order chi connectivity index (χ1) is 20.9. The van der Waals surface area contributed by atoms with Gasteiger partial charge in [-0.25, -0.2) is 38.9 Å². The van der Waals surface area contributed by atoms with Gasteiger partial charge in [0.05, 0.1) is 25.9 Å². The molecular formula is C20H22FN10O9P2S2-. The molecule has 0 aliphatic carbocycles. The number of fused-ring (bicyclic) bond motifs is 5. The number of aromatic nitrogens is 8. The molecule has 5 N–H and O–H groups in total. The lowest BCUT2D eigenvalue weighted by Crippen LogP contribution is -2.36. The molecule has 0 aromatic carbocycles. The summed E-state index contributed by atoms with van der Waals surface area (Å²) in [5.74, 6) is 0.131. The van der Waals surface area contributed by atoms with Crippen molar-refractivity contribution in [2.24, 2.45) is 0 Å². The number of hydrogen-bond acceptors (Lipinski definition) is 18. The van der Waals surface area contributed by atoms with Crippen molar-refractivity contribution in [3.63, 3.8) is 0 Å². The number of ether oxygens (including phenoxy) is 2. The molecule has 0 spiro atoms. The summed E-state index contributed by atoms with van der Waals surface area (Å²) in [7, 11) is 0. The number of nitrogens with zero attached hydrogens (tertiary/aromatic N) is 8. The fourth-order valence-corrected chi connectivity index (χ4v) is 8.06. The third-order valence-corrected chi connectivity index (χ3v) is 10.4. The van der Waals surface area contributed by atoms with Crippen LogP contribution < -0.4 is 16.4 Å². The van der Waals surface area contributed by atoms with Gasteiger partial charge in [-0.1, -0.05) is 24.1 Å². The van der Waals surface area contributed by atoms with Crippen molar-refractivity contribution >= 4 is 71.5 Å². The van der Waals surface area contributed by atoms with Crippen LogP contribution in [0.15, 0.2) is 25.3 Å². The first-order valence-electron chi connectivity index (χ1n) is 12.7. The molecule has 236 valence electrons. The molecule has 0 saturated carbocycles. The zero-order valence-corrected chi connectivity index (χ0v) is 25.4. The van der Waals surface area contributed by atoms with E-state index in [9.17, 15) is 14.6 Å². The van der Waals surface area contributed by atoms with E-state index in [4.69, 9.17) is 50.8 Å². The normalized spacial score (nSPS) is 38.3. The molecule has 2 unspecified atom stereocenters. The quantitative estimate of drug-likeness (QED) is 0.156. The van der Waals surface area contributed by atoms with Crippen molar-refractivity contribution in [2.45, 2.75) is 49.1 Å². The van der Waals surface area contributed by atoms with Gasteiger partial charge in [0, 0.05) is 0 Å². The standard InChI is InChI=1S/C20H23FN10O9P2S2/c21-9-13-8(38-19(9)30-5-28-10-15(22)24-3-26-17(10)30)2-36-42(34,44)40-14-12(32)7(1-35-41(33,43)39-13)37-20(14)31-6-29-11-16(23)25-4-27-18(11)31/h3-9,12-14,19-20,32H,1-2H2,(H,33,43)(H,34,44)(H2,22,24,26)(H2,23,25,27)/p-1/t7-,8-,9-,12-,13-,14-,19-,20-,41?,42?/m1/s1. The monoisotopic (exact) mass is 691 g/mol. The molecule has 10 atom stereocenters. The minimum Gasteiger partial charge on any atom is -0.780 e. The number of halogens is 1. The van der Waals surface area contributed by atoms with Gasteiger partial charge in [-0.2, -0.15) is 0 Å². The predicted molar refractivity (Wildman–Crippen MR) is 151 cm³/mol. The maximum Gasteiger partial charge on any atom is 0.386 e. The largest absolute Gasteiger partial charge is 0.780 e. The van der Waals surface area contributed by atoms with Crippen molar-refractivity contribution in [2.75, 3.05) is 24.7 Å². The molecule has 3 aliphatic heterocycles. The summed E-state index contributed by atoms with van der Waals surface area (Å²) in [5, 5.41) is 11.1. The molecule has 44 heavy (non-hydrogen) atoms. The van der Waals surface area contributed by atoms with Gasteiger partial charge in [0.25, 0.3) is 0 Å². The van der Waals surface area contributed by atoms with Crippen LogP contribution in [-0.4, -0.2) is 94.0 Å². The number of aliphatic hydroxyl groups is 1. The van der Waals surface area contributed by atoms with Crippen LogP contribution in [0.2, 0.25) is 0 Å². The first kappa shape index (κ1) is 30.2. The van der Waals surface area contributed by atoms with Crippen LogP contribution in [0.5, 0.6) is 0 Å². The van der Waals surface area contributed by atoms with Gasteiger partial charge in [-0.3, -0.25) is 18.2 Å². The van der Waals surface area contributed by atoms with E-state index in [0.29, 0.717) is 0 Å². The highest BCUT2D eigenvalue weighted by atomic mass is 32.7. The average molecular weight is 692 g/mol. The lowest BCUT2D eigenvalue weighted by Gasteiger charge is -2.34. The average Bonchev–Trinajstić information content (AvgIpc) is 3.73. The van der Waals surface area contributed by atoms with E-state index >= 15 is 4.39 Å². The predicted octanol–water partition coefficient (Wildman–Crippen LogP) is -0.236. The van der Waals surface area contributed by atoms with Crippen LogP contribution in [0.4, 0.5) is 16.0 Å². The Hall–Kier alpha value is -2.46. The third-order valence-electron chi connectivity index (χ3n) is 7.21. The molecule has 0 amide bonds. The second kappa shape index (κ2) is 11.1. The Balaban J connectivity index is 1.20. The Morgan fingerprint density at radius 1 is 0.909 bits per heavy atom. The molecule has 3 fully saturated rings. The fourth-order valence-electron chi connectivity index (χ4n) is 5.18. The highest BCUT2D eigenvalue weighted by molar-refractivity contribution is 8.44. The minimum absolute atomic E-state index is 0.0543. The van der Waals surface area contributed by atoms with Crippen LogP contribution in [0, 0.1) is 0 Å². The van der Waals surface area contributed by atoms with Crippen LogP contribution in [0.1, 0.15) is 12.5 Å². The van der Waals surface area contributed by atoms with Gasteiger partial charge in [-0.15, -0.1) is 0 Å². The van der Waals surface area contributed by atoms with E-state index in [-0.39, 0.29) is 34.0 Å². The van der Waals surface area contributed by atoms with E-state index in [1.54, 1.807) is 0 Å². The number of alkyl halides is 1. The van der Waals surface area contributed by atoms with Crippen molar-refractivity contribution in [1.29, 1.82) is 0 Å². The summed E-state index contributed by atoms with van der Waals surface area (Å²) in [6, 6.07) is 0. The molecule has 4 aromatic rings. The highest BCUT2D eigenvalue weighted by Crippen LogP contribution is 2.58. The molecule has 4 aromatic heterocycles. The highest BCUT2D eigenvalue weighted by Gasteiger charge is 2.52. The summed E-state index contributed by atoms with van der Waals surface area (Å²) in [5.41, 5.74) is 12.5. The molecular weight excluding hydrogens is 669 g/mol. The molecule has 7 rings (SSSR count). The lowest BCUT2D eigenvalue weighted by molar-refractivity contribution is -0.218. The molecule has 2 bridgehead atoms. The topological polar surface area (TPSA) is 255 Å². The molecule has 24 heteroatoms. The van der Waals surface area contributed by atoms with Crippen LogP contribution >= 0.6 is 25.8 Å². The Kier molecular flexibility index (Phi) is 7.63. The maximum atomic E-state index is 16.0. The number of thiol groups is 1. The summed E-state index contributed by atoms with van der Waals surface area (Å²) in [6.07, 6.45) is -7.04. The number of anilines is 2. The smallest absolute Gasteiger partial charge is 0.386 e. The van der Waals surface area contributed by atoms with E-state index in [1.807, 2.05) is 0 Å². The molecule has 3 aliphatic rings. The van der Waals surface area contributed by atoms with E-state index in [0.717, 1.165) is 6.33 Å². The molecule has 0 radical (unpaired) electrons. The van der Waals surface area contributed by atoms with Gasteiger partial charge in [0.1, 0.15) is 60.9 Å². The van der Waals surface area contributed by atoms with Crippen molar-refractivity contribution in [1.82, 2.24) is 39.0 Å². The lowest BCUT2D eigenvalue weighted by atomic mass is 10.1. The number of nitrogens with two attached hydrogens (primary N) is 2. The van der Waals surface area contributed by atoms with Crippen LogP contribution in [-0.2, 0) is 43.9 Å². The first-order valence-corrected chi connectivity index (χ1v) is 18.0.